The minimum atomic E-state index is -0.643. The smallest absolute Gasteiger partial charge is 0.261 e. The summed E-state index contributed by atoms with van der Waals surface area (Å²) < 4.78 is 23.6. The molecule has 0 radical (unpaired) electrons. The standard InChI is InChI=1S/C24H21BrFN5O3S/c1-27-23(32)15-9-18-19(10-16(15)26)31(22(30-18)17-4-2-3-7-28-17)14-8-13(11-34-12-14)29-24(33)20-5-6-21(25)35-20/h2-7,9-10,13-14H,8,11-12H2,1H3,(H,27,32)(H,29,33). The Kier molecular flexibility index (Phi) is 6.63. The van der Waals surface area contributed by atoms with Crippen LogP contribution in [0.5, 0.6) is 0 Å². The molecular weight excluding hydrogens is 537 g/mol. The fourth-order valence-corrected chi connectivity index (χ4v) is 5.54. The van der Waals surface area contributed by atoms with Gasteiger partial charge in [-0.3, -0.25) is 14.6 Å². The number of aromatic nitrogens is 3. The Labute approximate surface area is 212 Å². The van der Waals surface area contributed by atoms with E-state index in [0.29, 0.717) is 47.1 Å². The number of hydrogen-bond donors (Lipinski definition) is 2. The van der Waals surface area contributed by atoms with Gasteiger partial charge in [-0.25, -0.2) is 9.37 Å². The van der Waals surface area contributed by atoms with Crippen molar-refractivity contribution in [2.75, 3.05) is 20.3 Å². The third-order valence-corrected chi connectivity index (χ3v) is 7.45. The van der Waals surface area contributed by atoms with Gasteiger partial charge in [0.1, 0.15) is 11.5 Å². The van der Waals surface area contributed by atoms with E-state index in [9.17, 15) is 14.0 Å². The summed E-state index contributed by atoms with van der Waals surface area (Å²) in [5, 5.41) is 5.49. The highest BCUT2D eigenvalue weighted by molar-refractivity contribution is 9.11. The lowest BCUT2D eigenvalue weighted by Crippen LogP contribution is -2.43. The summed E-state index contributed by atoms with van der Waals surface area (Å²) in [6, 6.07) is 11.4. The Hall–Kier alpha value is -3.15. The minimum Gasteiger partial charge on any atom is -0.377 e. The predicted octanol–water partition coefficient (Wildman–Crippen LogP) is 4.18. The van der Waals surface area contributed by atoms with Gasteiger partial charge in [0.15, 0.2) is 5.82 Å². The average Bonchev–Trinajstić information content (AvgIpc) is 3.47. The minimum absolute atomic E-state index is 0.0793. The zero-order chi connectivity index (χ0) is 24.5. The third-order valence-electron chi connectivity index (χ3n) is 5.83. The molecule has 0 saturated carbocycles. The second kappa shape index (κ2) is 9.84. The van der Waals surface area contributed by atoms with Crippen molar-refractivity contribution in [1.82, 2.24) is 25.2 Å². The summed E-state index contributed by atoms with van der Waals surface area (Å²) >= 11 is 4.74. The maximum atomic E-state index is 14.9. The summed E-state index contributed by atoms with van der Waals surface area (Å²) in [6.07, 6.45) is 2.22. The summed E-state index contributed by atoms with van der Waals surface area (Å²) in [6.45, 7) is 0.733. The van der Waals surface area contributed by atoms with Gasteiger partial charge in [0.2, 0.25) is 0 Å². The highest BCUT2D eigenvalue weighted by atomic mass is 79.9. The number of nitrogens with one attached hydrogen (secondary N) is 2. The summed E-state index contributed by atoms with van der Waals surface area (Å²) in [5.74, 6) is -0.800. The summed E-state index contributed by atoms with van der Waals surface area (Å²) in [7, 11) is 1.45. The van der Waals surface area contributed by atoms with Crippen molar-refractivity contribution in [3.63, 3.8) is 0 Å². The zero-order valence-electron chi connectivity index (χ0n) is 18.6. The molecule has 2 amide bonds. The molecule has 2 unspecified atom stereocenters. The number of amides is 2. The summed E-state index contributed by atoms with van der Waals surface area (Å²) in [5.41, 5.74) is 1.53. The van der Waals surface area contributed by atoms with Crippen LogP contribution < -0.4 is 10.6 Å². The van der Waals surface area contributed by atoms with Crippen LogP contribution in [0.1, 0.15) is 32.5 Å². The van der Waals surface area contributed by atoms with E-state index in [0.717, 1.165) is 3.79 Å². The normalized spacial score (nSPS) is 17.9. The van der Waals surface area contributed by atoms with Crippen LogP contribution in [0, 0.1) is 5.82 Å². The molecule has 8 nitrogen and oxygen atoms in total. The molecule has 180 valence electrons. The van der Waals surface area contributed by atoms with Crippen molar-refractivity contribution >= 4 is 50.1 Å². The predicted molar refractivity (Wildman–Crippen MR) is 134 cm³/mol. The lowest BCUT2D eigenvalue weighted by atomic mass is 10.0. The van der Waals surface area contributed by atoms with Crippen molar-refractivity contribution < 1.29 is 18.7 Å². The Bertz CT molecular complexity index is 1410. The van der Waals surface area contributed by atoms with E-state index in [-0.39, 0.29) is 23.6 Å². The van der Waals surface area contributed by atoms with Gasteiger partial charge < -0.3 is 19.9 Å². The first-order valence-electron chi connectivity index (χ1n) is 10.9. The Morgan fingerprint density at radius 3 is 2.77 bits per heavy atom. The number of pyridine rings is 1. The highest BCUT2D eigenvalue weighted by Crippen LogP contribution is 2.33. The van der Waals surface area contributed by atoms with E-state index in [1.54, 1.807) is 18.3 Å². The molecule has 0 spiro atoms. The van der Waals surface area contributed by atoms with E-state index in [2.05, 4.69) is 31.5 Å². The number of halogens is 2. The SMILES string of the molecule is CNC(=O)c1cc2nc(-c3ccccn3)n(C3COCC(NC(=O)c4ccc(Br)s4)C3)c2cc1F. The quantitative estimate of drug-likeness (QED) is 0.383. The van der Waals surface area contributed by atoms with E-state index in [4.69, 9.17) is 9.72 Å². The van der Waals surface area contributed by atoms with Crippen molar-refractivity contribution in [1.29, 1.82) is 0 Å². The Morgan fingerprint density at radius 2 is 2.06 bits per heavy atom. The number of nitrogens with zero attached hydrogens (tertiary/aromatic N) is 3. The van der Waals surface area contributed by atoms with Crippen LogP contribution in [0.25, 0.3) is 22.6 Å². The molecule has 1 aliphatic heterocycles. The number of benzene rings is 1. The molecule has 1 fully saturated rings. The first-order chi connectivity index (χ1) is 16.9. The lowest BCUT2D eigenvalue weighted by molar-refractivity contribution is 0.0351. The van der Waals surface area contributed by atoms with Crippen molar-refractivity contribution in [3.05, 3.63) is 68.7 Å². The number of carbonyl (C=O) groups is 2. The van der Waals surface area contributed by atoms with Crippen LogP contribution in [0.3, 0.4) is 0 Å². The van der Waals surface area contributed by atoms with Crippen LogP contribution in [-0.4, -0.2) is 52.7 Å². The number of rotatable bonds is 5. The van der Waals surface area contributed by atoms with Crippen LogP contribution in [0.15, 0.2) is 52.4 Å². The fourth-order valence-electron chi connectivity index (χ4n) is 4.25. The first-order valence-corrected chi connectivity index (χ1v) is 12.5. The monoisotopic (exact) mass is 557 g/mol. The molecule has 1 aliphatic rings. The van der Waals surface area contributed by atoms with E-state index < -0.39 is 11.7 Å². The maximum Gasteiger partial charge on any atom is 0.261 e. The molecule has 4 heterocycles. The van der Waals surface area contributed by atoms with E-state index in [1.807, 2.05) is 22.8 Å². The molecule has 4 aromatic rings. The van der Waals surface area contributed by atoms with Crippen molar-refractivity contribution in [2.24, 2.45) is 0 Å². The van der Waals surface area contributed by atoms with Crippen LogP contribution >= 0.6 is 27.3 Å². The molecule has 1 aromatic carbocycles. The maximum absolute atomic E-state index is 14.9. The van der Waals surface area contributed by atoms with Gasteiger partial charge in [-0.05, 0) is 52.7 Å². The molecule has 11 heteroatoms. The molecular formula is C24H21BrFN5O3S. The van der Waals surface area contributed by atoms with Crippen LogP contribution in [0.2, 0.25) is 0 Å². The van der Waals surface area contributed by atoms with Gasteiger partial charge in [-0.15, -0.1) is 11.3 Å². The molecule has 0 aliphatic carbocycles. The van der Waals surface area contributed by atoms with Gasteiger partial charge in [0.25, 0.3) is 11.8 Å². The van der Waals surface area contributed by atoms with Crippen molar-refractivity contribution in [2.45, 2.75) is 18.5 Å². The number of carbonyl (C=O) groups excluding carboxylic acids is 2. The Balaban J connectivity index is 1.53. The molecule has 35 heavy (non-hydrogen) atoms. The summed E-state index contributed by atoms with van der Waals surface area (Å²) in [4.78, 5) is 34.6. The second-order valence-corrected chi connectivity index (χ2v) is 10.6. The van der Waals surface area contributed by atoms with Gasteiger partial charge >= 0.3 is 0 Å². The number of fused-ring (bicyclic) bond motifs is 1. The number of imidazole rings is 1. The van der Waals surface area contributed by atoms with Crippen LogP contribution in [0.4, 0.5) is 4.39 Å². The van der Waals surface area contributed by atoms with Gasteiger partial charge in [-0.2, -0.15) is 0 Å². The molecule has 5 rings (SSSR count). The zero-order valence-corrected chi connectivity index (χ0v) is 21.0. The highest BCUT2D eigenvalue weighted by Gasteiger charge is 2.30. The topological polar surface area (TPSA) is 98.1 Å². The molecule has 0 bridgehead atoms. The van der Waals surface area contributed by atoms with Gasteiger partial charge in [-0.1, -0.05) is 6.07 Å². The molecule has 2 N–H and O–H groups in total. The number of ether oxygens (including phenoxy) is 1. The van der Waals surface area contributed by atoms with Gasteiger partial charge in [0.05, 0.1) is 50.6 Å². The lowest BCUT2D eigenvalue weighted by Gasteiger charge is -2.31. The fraction of sp³-hybridized carbons (Fsp3) is 0.250. The molecule has 2 atom stereocenters. The molecule has 3 aromatic heterocycles. The Morgan fingerprint density at radius 1 is 1.20 bits per heavy atom. The number of thiophene rings is 1. The second-order valence-electron chi connectivity index (χ2n) is 8.12. The van der Waals surface area contributed by atoms with E-state index in [1.165, 1.54) is 30.5 Å². The first kappa shape index (κ1) is 23.6. The van der Waals surface area contributed by atoms with Crippen LogP contribution in [-0.2, 0) is 4.74 Å². The average molecular weight is 558 g/mol. The largest absolute Gasteiger partial charge is 0.377 e. The van der Waals surface area contributed by atoms with Gasteiger partial charge in [0, 0.05) is 19.3 Å². The molecule has 1 saturated heterocycles. The van der Waals surface area contributed by atoms with Crippen molar-refractivity contribution in [3.8, 4) is 11.5 Å². The van der Waals surface area contributed by atoms with E-state index >= 15 is 0 Å². The third kappa shape index (κ3) is 4.71. The number of hydrogen-bond acceptors (Lipinski definition) is 6.